The van der Waals surface area contributed by atoms with Crippen molar-refractivity contribution in [1.82, 2.24) is 15.1 Å². The molecule has 0 atom stereocenters. The van der Waals surface area contributed by atoms with Crippen LogP contribution in [0.2, 0.25) is 0 Å². The van der Waals surface area contributed by atoms with Gasteiger partial charge in [-0.2, -0.15) is 9.78 Å². The number of nitrogens with one attached hydrogen (secondary N) is 1. The molecule has 1 aliphatic rings. The Labute approximate surface area is 123 Å². The third kappa shape index (κ3) is 2.77. The lowest BCUT2D eigenvalue weighted by Crippen LogP contribution is -2.31. The van der Waals surface area contributed by atoms with E-state index in [0.29, 0.717) is 23.7 Å². The van der Waals surface area contributed by atoms with Gasteiger partial charge in [-0.1, -0.05) is 19.1 Å². The molecular weight excluding hydrogens is 266 g/mol. The molecule has 110 valence electrons. The molecule has 0 spiro atoms. The predicted molar refractivity (Wildman–Crippen MR) is 80.4 cm³/mol. The molecule has 2 aromatic rings. The van der Waals surface area contributed by atoms with E-state index >= 15 is 0 Å². The summed E-state index contributed by atoms with van der Waals surface area (Å²) in [5.41, 5.74) is 2.23. The lowest BCUT2D eigenvalue weighted by molar-refractivity contribution is 0.239. The van der Waals surface area contributed by atoms with Gasteiger partial charge in [-0.05, 0) is 37.5 Å². The first-order chi connectivity index (χ1) is 10.2. The number of phenolic OH excluding ortho intramolecular Hbond substituents is 1. The lowest BCUT2D eigenvalue weighted by Gasteiger charge is -2.06. The number of carbonyl (C=O) groups is 1. The summed E-state index contributed by atoms with van der Waals surface area (Å²) in [5.74, 6) is 0.586. The molecule has 0 aliphatic heterocycles. The van der Waals surface area contributed by atoms with Crippen LogP contribution >= 0.6 is 0 Å². The summed E-state index contributed by atoms with van der Waals surface area (Å²) in [5, 5.41) is 17.2. The van der Waals surface area contributed by atoms with Crippen molar-refractivity contribution in [3.05, 3.63) is 36.0 Å². The van der Waals surface area contributed by atoms with E-state index in [1.807, 2.05) is 25.1 Å². The number of aromatic hydroxyl groups is 1. The molecular formula is C16H19N3O2. The Bertz CT molecular complexity index is 659. The number of hydrogen-bond acceptors (Lipinski definition) is 3. The van der Waals surface area contributed by atoms with Gasteiger partial charge in [0, 0.05) is 18.0 Å². The van der Waals surface area contributed by atoms with E-state index in [2.05, 4.69) is 10.4 Å². The van der Waals surface area contributed by atoms with Crippen LogP contribution in [0.3, 0.4) is 0 Å². The van der Waals surface area contributed by atoms with E-state index in [4.69, 9.17) is 0 Å². The maximum absolute atomic E-state index is 12.2. The highest BCUT2D eigenvalue weighted by Gasteiger charge is 2.30. The number of benzene rings is 1. The van der Waals surface area contributed by atoms with E-state index < -0.39 is 0 Å². The van der Waals surface area contributed by atoms with Gasteiger partial charge < -0.3 is 10.4 Å². The molecule has 1 amide bonds. The van der Waals surface area contributed by atoms with Gasteiger partial charge in [0.05, 0.1) is 11.4 Å². The highest BCUT2D eigenvalue weighted by molar-refractivity contribution is 5.78. The van der Waals surface area contributed by atoms with Gasteiger partial charge in [-0.3, -0.25) is 0 Å². The molecule has 5 nitrogen and oxygen atoms in total. The van der Waals surface area contributed by atoms with Crippen LogP contribution in [0.25, 0.3) is 11.3 Å². The van der Waals surface area contributed by atoms with Crippen LogP contribution in [-0.4, -0.2) is 27.5 Å². The molecule has 21 heavy (non-hydrogen) atoms. The van der Waals surface area contributed by atoms with Gasteiger partial charge >= 0.3 is 6.03 Å². The van der Waals surface area contributed by atoms with Crippen molar-refractivity contribution in [2.24, 2.45) is 0 Å². The van der Waals surface area contributed by atoms with E-state index in [1.165, 1.54) is 4.68 Å². The van der Waals surface area contributed by atoms with Crippen molar-refractivity contribution >= 4 is 6.03 Å². The van der Waals surface area contributed by atoms with Gasteiger partial charge in [0.25, 0.3) is 0 Å². The summed E-state index contributed by atoms with van der Waals surface area (Å²) in [6.45, 7) is 2.65. The summed E-state index contributed by atoms with van der Waals surface area (Å²) in [7, 11) is 0. The maximum Gasteiger partial charge on any atom is 0.342 e. The summed E-state index contributed by atoms with van der Waals surface area (Å²) in [6, 6.07) is 8.77. The SMILES string of the molecule is CCCNC(=O)n1nc(-c2ccccc2O)cc1C1CC1. The first kappa shape index (κ1) is 13.7. The van der Waals surface area contributed by atoms with Crippen molar-refractivity contribution in [3.8, 4) is 17.0 Å². The van der Waals surface area contributed by atoms with Crippen molar-refractivity contribution in [1.29, 1.82) is 0 Å². The first-order valence-corrected chi connectivity index (χ1v) is 7.37. The van der Waals surface area contributed by atoms with Gasteiger partial charge in [-0.25, -0.2) is 4.79 Å². The number of para-hydroxylation sites is 1. The Kier molecular flexibility index (Phi) is 3.64. The van der Waals surface area contributed by atoms with Crippen LogP contribution in [-0.2, 0) is 0 Å². The molecule has 1 saturated carbocycles. The second-order valence-corrected chi connectivity index (χ2v) is 5.39. The number of nitrogens with zero attached hydrogens (tertiary/aromatic N) is 2. The average Bonchev–Trinajstić information content (AvgIpc) is 3.24. The van der Waals surface area contributed by atoms with Crippen LogP contribution in [0, 0.1) is 0 Å². The van der Waals surface area contributed by atoms with Crippen LogP contribution < -0.4 is 5.32 Å². The molecule has 1 heterocycles. The molecule has 1 fully saturated rings. The zero-order chi connectivity index (χ0) is 14.8. The number of amides is 1. The molecule has 0 saturated heterocycles. The topological polar surface area (TPSA) is 67.2 Å². The second kappa shape index (κ2) is 5.60. The van der Waals surface area contributed by atoms with E-state index in [1.54, 1.807) is 12.1 Å². The fourth-order valence-corrected chi connectivity index (χ4v) is 2.36. The lowest BCUT2D eigenvalue weighted by atomic mass is 10.1. The van der Waals surface area contributed by atoms with Crippen LogP contribution in [0.4, 0.5) is 4.79 Å². The molecule has 5 heteroatoms. The third-order valence-corrected chi connectivity index (χ3v) is 3.63. The molecule has 1 aromatic heterocycles. The fourth-order valence-electron chi connectivity index (χ4n) is 2.36. The third-order valence-electron chi connectivity index (χ3n) is 3.63. The van der Waals surface area contributed by atoms with E-state index in [9.17, 15) is 9.90 Å². The first-order valence-electron chi connectivity index (χ1n) is 7.37. The maximum atomic E-state index is 12.2. The minimum atomic E-state index is -0.194. The largest absolute Gasteiger partial charge is 0.507 e. The minimum Gasteiger partial charge on any atom is -0.507 e. The van der Waals surface area contributed by atoms with Crippen molar-refractivity contribution in [2.45, 2.75) is 32.1 Å². The molecule has 0 unspecified atom stereocenters. The number of carbonyl (C=O) groups excluding carboxylic acids is 1. The quantitative estimate of drug-likeness (QED) is 0.907. The van der Waals surface area contributed by atoms with Gasteiger partial charge in [0.1, 0.15) is 5.75 Å². The number of aromatic nitrogens is 2. The summed E-state index contributed by atoms with van der Waals surface area (Å²) in [6.07, 6.45) is 3.07. The zero-order valence-electron chi connectivity index (χ0n) is 12.0. The van der Waals surface area contributed by atoms with E-state index in [-0.39, 0.29) is 11.8 Å². The minimum absolute atomic E-state index is 0.179. The highest BCUT2D eigenvalue weighted by Crippen LogP contribution is 2.41. The number of hydrogen-bond donors (Lipinski definition) is 2. The standard InChI is InChI=1S/C16H19N3O2/c1-2-9-17-16(21)19-14(11-7-8-11)10-13(18-19)12-5-3-4-6-15(12)20/h3-6,10-11,20H,2,7-9H2,1H3,(H,17,21). The monoisotopic (exact) mass is 285 g/mol. The Morgan fingerprint density at radius 1 is 1.43 bits per heavy atom. The van der Waals surface area contributed by atoms with Crippen LogP contribution in [0.1, 0.15) is 37.8 Å². The van der Waals surface area contributed by atoms with Gasteiger partial charge in [0.2, 0.25) is 0 Å². The molecule has 0 radical (unpaired) electrons. The average molecular weight is 285 g/mol. The summed E-state index contributed by atoms with van der Waals surface area (Å²) in [4.78, 5) is 12.2. The summed E-state index contributed by atoms with van der Waals surface area (Å²) >= 11 is 0. The molecule has 0 bridgehead atoms. The molecule has 2 N–H and O–H groups in total. The predicted octanol–water partition coefficient (Wildman–Crippen LogP) is 3.10. The van der Waals surface area contributed by atoms with Crippen molar-refractivity contribution in [3.63, 3.8) is 0 Å². The van der Waals surface area contributed by atoms with Gasteiger partial charge in [-0.15, -0.1) is 0 Å². The second-order valence-electron chi connectivity index (χ2n) is 5.39. The smallest absolute Gasteiger partial charge is 0.342 e. The Balaban J connectivity index is 1.97. The molecule has 1 aliphatic carbocycles. The fraction of sp³-hybridized carbons (Fsp3) is 0.375. The van der Waals surface area contributed by atoms with Crippen LogP contribution in [0.5, 0.6) is 5.75 Å². The van der Waals surface area contributed by atoms with Crippen LogP contribution in [0.15, 0.2) is 30.3 Å². The Hall–Kier alpha value is -2.30. The summed E-state index contributed by atoms with van der Waals surface area (Å²) < 4.78 is 1.45. The normalized spacial score (nSPS) is 14.1. The number of phenols is 1. The Morgan fingerprint density at radius 3 is 2.86 bits per heavy atom. The highest BCUT2D eigenvalue weighted by atomic mass is 16.3. The number of rotatable bonds is 4. The van der Waals surface area contributed by atoms with Gasteiger partial charge in [0.15, 0.2) is 0 Å². The van der Waals surface area contributed by atoms with Crippen molar-refractivity contribution < 1.29 is 9.90 Å². The molecule has 1 aromatic carbocycles. The molecule has 3 rings (SSSR count). The Morgan fingerprint density at radius 2 is 2.19 bits per heavy atom. The van der Waals surface area contributed by atoms with Crippen molar-refractivity contribution in [2.75, 3.05) is 6.54 Å². The zero-order valence-corrected chi connectivity index (χ0v) is 12.0. The van der Waals surface area contributed by atoms with E-state index in [0.717, 1.165) is 25.0 Å².